The number of nitrogens with one attached hydrogen (secondary N) is 1. The molecule has 0 aliphatic carbocycles. The fraction of sp³-hybridized carbons (Fsp3) is 0.650. The smallest absolute Gasteiger partial charge is 0.251 e. The quantitative estimate of drug-likeness (QED) is 0.645. The molecule has 0 aromatic heterocycles. The van der Waals surface area contributed by atoms with E-state index in [-0.39, 0.29) is 16.4 Å². The molecule has 1 heterocycles. The van der Waals surface area contributed by atoms with E-state index >= 15 is 0 Å². The number of amides is 1. The Balaban J connectivity index is 1.78. The summed E-state index contributed by atoms with van der Waals surface area (Å²) in [6, 6.07) is 7.68. The first kappa shape index (κ1) is 23.2. The topological polar surface area (TPSA) is 69.7 Å². The van der Waals surface area contributed by atoms with Gasteiger partial charge in [-0.1, -0.05) is 32.9 Å². The van der Waals surface area contributed by atoms with E-state index in [1.165, 1.54) is 0 Å². The summed E-state index contributed by atoms with van der Waals surface area (Å²) < 4.78 is 25.6. The highest BCUT2D eigenvalue weighted by Gasteiger charge is 2.25. The van der Waals surface area contributed by atoms with E-state index in [9.17, 15) is 13.2 Å². The lowest BCUT2D eigenvalue weighted by atomic mass is 10.1. The SMILES string of the molecule is CCS(=O)(=O)N1CCN(Cc2ccc(C(=O)NCCSC(C)(C)C)cc2)CC1. The first-order valence-corrected chi connectivity index (χ1v) is 12.4. The summed E-state index contributed by atoms with van der Waals surface area (Å²) in [6.07, 6.45) is 0. The van der Waals surface area contributed by atoms with Gasteiger partial charge in [-0.3, -0.25) is 9.69 Å². The summed E-state index contributed by atoms with van der Waals surface area (Å²) in [5, 5.41) is 2.96. The standard InChI is InChI=1S/C20H33N3O3S2/c1-5-28(25,26)23-13-11-22(12-14-23)16-17-6-8-18(9-7-17)19(24)21-10-15-27-20(2,3)4/h6-9H,5,10-16H2,1-4H3,(H,21,24). The third kappa shape index (κ3) is 7.39. The maximum atomic E-state index is 12.2. The Morgan fingerprint density at radius 3 is 2.25 bits per heavy atom. The lowest BCUT2D eigenvalue weighted by molar-refractivity contribution is 0.0956. The molecule has 0 spiro atoms. The van der Waals surface area contributed by atoms with Crippen molar-refractivity contribution in [2.24, 2.45) is 0 Å². The average Bonchev–Trinajstić information content (AvgIpc) is 2.65. The fourth-order valence-corrected chi connectivity index (χ4v) is 4.89. The van der Waals surface area contributed by atoms with Crippen LogP contribution in [0.2, 0.25) is 0 Å². The summed E-state index contributed by atoms with van der Waals surface area (Å²) in [7, 11) is -3.09. The maximum Gasteiger partial charge on any atom is 0.251 e. The molecule has 1 aliphatic heterocycles. The van der Waals surface area contributed by atoms with Crippen molar-refractivity contribution in [2.75, 3.05) is 44.2 Å². The molecule has 2 rings (SSSR count). The van der Waals surface area contributed by atoms with Crippen molar-refractivity contribution in [3.05, 3.63) is 35.4 Å². The minimum Gasteiger partial charge on any atom is -0.351 e. The molecule has 1 aromatic rings. The van der Waals surface area contributed by atoms with Gasteiger partial charge in [-0.05, 0) is 24.6 Å². The van der Waals surface area contributed by atoms with Gasteiger partial charge in [0.1, 0.15) is 0 Å². The van der Waals surface area contributed by atoms with Crippen LogP contribution < -0.4 is 5.32 Å². The van der Waals surface area contributed by atoms with Gasteiger partial charge in [0.15, 0.2) is 0 Å². The molecule has 0 saturated carbocycles. The van der Waals surface area contributed by atoms with Crippen LogP contribution in [-0.4, -0.2) is 72.5 Å². The molecular weight excluding hydrogens is 394 g/mol. The van der Waals surface area contributed by atoms with Gasteiger partial charge in [0, 0.05) is 55.3 Å². The predicted octanol–water partition coefficient (Wildman–Crippen LogP) is 2.42. The lowest BCUT2D eigenvalue weighted by Gasteiger charge is -2.33. The van der Waals surface area contributed by atoms with Gasteiger partial charge in [0.2, 0.25) is 10.0 Å². The number of carbonyl (C=O) groups excluding carboxylic acids is 1. The van der Waals surface area contributed by atoms with E-state index in [1.807, 2.05) is 36.0 Å². The van der Waals surface area contributed by atoms with E-state index in [0.29, 0.717) is 25.2 Å². The highest BCUT2D eigenvalue weighted by atomic mass is 32.2. The monoisotopic (exact) mass is 427 g/mol. The van der Waals surface area contributed by atoms with E-state index in [2.05, 4.69) is 31.0 Å². The van der Waals surface area contributed by atoms with Crippen molar-refractivity contribution in [3.8, 4) is 0 Å². The zero-order chi connectivity index (χ0) is 20.8. The maximum absolute atomic E-state index is 12.2. The van der Waals surface area contributed by atoms with Crippen LogP contribution in [0, 0.1) is 0 Å². The largest absolute Gasteiger partial charge is 0.351 e. The van der Waals surface area contributed by atoms with Crippen LogP contribution in [0.25, 0.3) is 0 Å². The molecule has 1 saturated heterocycles. The van der Waals surface area contributed by atoms with Crippen LogP contribution in [0.1, 0.15) is 43.6 Å². The van der Waals surface area contributed by atoms with E-state index in [0.717, 1.165) is 31.0 Å². The zero-order valence-electron chi connectivity index (χ0n) is 17.4. The molecule has 1 amide bonds. The molecule has 6 nitrogen and oxygen atoms in total. The Labute approximate surface area is 174 Å². The molecule has 0 bridgehead atoms. The second-order valence-corrected chi connectivity index (χ2v) is 12.2. The number of rotatable bonds is 8. The highest BCUT2D eigenvalue weighted by molar-refractivity contribution is 8.00. The minimum atomic E-state index is -3.09. The van der Waals surface area contributed by atoms with E-state index in [1.54, 1.807) is 11.2 Å². The molecule has 8 heteroatoms. The molecule has 1 aliphatic rings. The second-order valence-electron chi connectivity index (χ2n) is 7.99. The van der Waals surface area contributed by atoms with Crippen molar-refractivity contribution in [2.45, 2.75) is 39.0 Å². The summed E-state index contributed by atoms with van der Waals surface area (Å²) in [5.74, 6) is 1.01. The number of nitrogens with zero attached hydrogens (tertiary/aromatic N) is 2. The highest BCUT2D eigenvalue weighted by Crippen LogP contribution is 2.22. The molecular formula is C20H33N3O3S2. The third-order valence-electron chi connectivity index (χ3n) is 4.63. The normalized spacial score (nSPS) is 16.9. The third-order valence-corrected chi connectivity index (χ3v) is 7.79. The number of sulfonamides is 1. The Kier molecular flexibility index (Phi) is 8.36. The van der Waals surface area contributed by atoms with Crippen LogP contribution in [0.15, 0.2) is 24.3 Å². The van der Waals surface area contributed by atoms with Crippen molar-refractivity contribution in [3.63, 3.8) is 0 Å². The predicted molar refractivity (Wildman–Crippen MR) is 117 cm³/mol. The van der Waals surface area contributed by atoms with Crippen molar-refractivity contribution in [1.29, 1.82) is 0 Å². The van der Waals surface area contributed by atoms with Gasteiger partial charge >= 0.3 is 0 Å². The van der Waals surface area contributed by atoms with Gasteiger partial charge < -0.3 is 5.32 Å². The Bertz CT molecular complexity index is 735. The van der Waals surface area contributed by atoms with Crippen LogP contribution in [0.4, 0.5) is 0 Å². The lowest BCUT2D eigenvalue weighted by Crippen LogP contribution is -2.48. The molecule has 0 radical (unpaired) electrons. The number of carbonyl (C=O) groups is 1. The Morgan fingerprint density at radius 1 is 1.11 bits per heavy atom. The number of piperazine rings is 1. The molecule has 158 valence electrons. The first-order valence-electron chi connectivity index (χ1n) is 9.82. The van der Waals surface area contributed by atoms with Crippen molar-refractivity contribution < 1.29 is 13.2 Å². The molecule has 0 atom stereocenters. The fourth-order valence-electron chi connectivity index (χ4n) is 2.99. The van der Waals surface area contributed by atoms with Gasteiger partial charge in [-0.15, -0.1) is 0 Å². The van der Waals surface area contributed by atoms with Crippen LogP contribution in [0.3, 0.4) is 0 Å². The molecule has 1 fully saturated rings. The number of hydrogen-bond donors (Lipinski definition) is 1. The number of hydrogen-bond acceptors (Lipinski definition) is 5. The summed E-state index contributed by atoms with van der Waals surface area (Å²) in [4.78, 5) is 14.5. The van der Waals surface area contributed by atoms with E-state index in [4.69, 9.17) is 0 Å². The van der Waals surface area contributed by atoms with Crippen molar-refractivity contribution >= 4 is 27.7 Å². The zero-order valence-corrected chi connectivity index (χ0v) is 19.0. The molecule has 1 N–H and O–H groups in total. The second kappa shape index (κ2) is 10.1. The first-order chi connectivity index (χ1) is 13.1. The van der Waals surface area contributed by atoms with Crippen LogP contribution >= 0.6 is 11.8 Å². The van der Waals surface area contributed by atoms with Crippen molar-refractivity contribution in [1.82, 2.24) is 14.5 Å². The van der Waals surface area contributed by atoms with Gasteiger partial charge in [-0.25, -0.2) is 8.42 Å². The minimum absolute atomic E-state index is 0.0422. The van der Waals surface area contributed by atoms with Crippen LogP contribution in [0.5, 0.6) is 0 Å². The Morgan fingerprint density at radius 2 is 1.71 bits per heavy atom. The summed E-state index contributed by atoms with van der Waals surface area (Å²) in [5.41, 5.74) is 1.80. The number of thioether (sulfide) groups is 1. The Hall–Kier alpha value is -1.09. The van der Waals surface area contributed by atoms with Gasteiger partial charge in [0.25, 0.3) is 5.91 Å². The summed E-state index contributed by atoms with van der Waals surface area (Å²) in [6.45, 7) is 12.2. The van der Waals surface area contributed by atoms with E-state index < -0.39 is 10.0 Å². The molecule has 1 aromatic carbocycles. The molecule has 0 unspecified atom stereocenters. The van der Waals surface area contributed by atoms with Gasteiger partial charge in [0.05, 0.1) is 5.75 Å². The van der Waals surface area contributed by atoms with Crippen LogP contribution in [-0.2, 0) is 16.6 Å². The number of benzene rings is 1. The average molecular weight is 428 g/mol. The molecule has 28 heavy (non-hydrogen) atoms. The van der Waals surface area contributed by atoms with Gasteiger partial charge in [-0.2, -0.15) is 16.1 Å². The summed E-state index contributed by atoms with van der Waals surface area (Å²) >= 11 is 1.83.